The lowest BCUT2D eigenvalue weighted by atomic mass is 10.2. The van der Waals surface area contributed by atoms with Crippen LogP contribution >= 0.6 is 0 Å². The zero-order chi connectivity index (χ0) is 12.3. The highest BCUT2D eigenvalue weighted by molar-refractivity contribution is 5.83. The summed E-state index contributed by atoms with van der Waals surface area (Å²) in [6, 6.07) is -0.650. The van der Waals surface area contributed by atoms with Crippen molar-refractivity contribution in [3.05, 3.63) is 0 Å². The number of cyclic esters (lactones) is 1. The maximum atomic E-state index is 11.4. The summed E-state index contributed by atoms with van der Waals surface area (Å²) in [6.07, 6.45) is -0.534. The molecule has 0 aliphatic carbocycles. The summed E-state index contributed by atoms with van der Waals surface area (Å²) in [5, 5.41) is 2.46. The second-order valence-electron chi connectivity index (χ2n) is 4.73. The standard InChI is InChI=1S/C10H18N2O4/c1-10(2,3)16-9(14)12-7-4-6(5-11)15-8(7)13/h6-7H,4-5,11H2,1-3H3,(H,12,14)/t6-,7+/m1/s1. The molecule has 0 saturated carbocycles. The van der Waals surface area contributed by atoms with Gasteiger partial charge in [0.2, 0.25) is 0 Å². The molecule has 3 N–H and O–H groups in total. The smallest absolute Gasteiger partial charge is 0.408 e. The molecule has 1 aliphatic heterocycles. The van der Waals surface area contributed by atoms with Gasteiger partial charge >= 0.3 is 12.1 Å². The van der Waals surface area contributed by atoms with Crippen LogP contribution in [0, 0.1) is 0 Å². The minimum atomic E-state index is -0.650. The van der Waals surface area contributed by atoms with Crippen LogP contribution in [0.2, 0.25) is 0 Å². The van der Waals surface area contributed by atoms with Gasteiger partial charge < -0.3 is 20.5 Å². The summed E-state index contributed by atoms with van der Waals surface area (Å²) in [6.45, 7) is 5.52. The van der Waals surface area contributed by atoms with Gasteiger partial charge in [-0.3, -0.25) is 0 Å². The number of ether oxygens (including phenoxy) is 2. The van der Waals surface area contributed by atoms with Crippen LogP contribution in [0.4, 0.5) is 4.79 Å². The molecule has 2 atom stereocenters. The number of carbonyl (C=O) groups is 2. The zero-order valence-electron chi connectivity index (χ0n) is 9.78. The largest absolute Gasteiger partial charge is 0.459 e. The van der Waals surface area contributed by atoms with Crippen LogP contribution in [-0.4, -0.2) is 36.4 Å². The van der Waals surface area contributed by atoms with E-state index < -0.39 is 23.7 Å². The van der Waals surface area contributed by atoms with Crippen LogP contribution in [0.5, 0.6) is 0 Å². The molecular formula is C10H18N2O4. The predicted molar refractivity (Wildman–Crippen MR) is 56.7 cm³/mol. The van der Waals surface area contributed by atoms with Crippen LogP contribution in [0.3, 0.4) is 0 Å². The van der Waals surface area contributed by atoms with Gasteiger partial charge in [-0.2, -0.15) is 0 Å². The molecule has 0 bridgehead atoms. The highest BCUT2D eigenvalue weighted by Gasteiger charge is 2.35. The van der Waals surface area contributed by atoms with Crippen molar-refractivity contribution in [1.29, 1.82) is 0 Å². The summed E-state index contributed by atoms with van der Waals surface area (Å²) < 4.78 is 9.95. The Morgan fingerprint density at radius 1 is 1.62 bits per heavy atom. The van der Waals surface area contributed by atoms with Gasteiger partial charge in [-0.25, -0.2) is 9.59 Å². The van der Waals surface area contributed by atoms with E-state index in [1.165, 1.54) is 0 Å². The van der Waals surface area contributed by atoms with Gasteiger partial charge in [0.25, 0.3) is 0 Å². The number of hydrogen-bond donors (Lipinski definition) is 2. The average Bonchev–Trinajstić information content (AvgIpc) is 2.44. The molecule has 16 heavy (non-hydrogen) atoms. The van der Waals surface area contributed by atoms with Gasteiger partial charge in [-0.1, -0.05) is 0 Å². The van der Waals surface area contributed by atoms with Crippen molar-refractivity contribution >= 4 is 12.1 Å². The Hall–Kier alpha value is -1.30. The van der Waals surface area contributed by atoms with Crippen molar-refractivity contribution in [3.8, 4) is 0 Å². The van der Waals surface area contributed by atoms with Crippen molar-refractivity contribution in [3.63, 3.8) is 0 Å². The number of hydrogen-bond acceptors (Lipinski definition) is 5. The van der Waals surface area contributed by atoms with Crippen LogP contribution in [0.15, 0.2) is 0 Å². The topological polar surface area (TPSA) is 90.7 Å². The molecule has 0 aromatic heterocycles. The normalized spacial score (nSPS) is 25.1. The number of nitrogens with one attached hydrogen (secondary N) is 1. The summed E-state index contributed by atoms with van der Waals surface area (Å²) in [4.78, 5) is 22.7. The summed E-state index contributed by atoms with van der Waals surface area (Å²) in [5.41, 5.74) is 4.79. The second kappa shape index (κ2) is 4.69. The molecule has 1 rings (SSSR count). The van der Waals surface area contributed by atoms with E-state index in [1.54, 1.807) is 20.8 Å². The molecule has 0 unspecified atom stereocenters. The maximum absolute atomic E-state index is 11.4. The second-order valence-corrected chi connectivity index (χ2v) is 4.73. The molecule has 1 fully saturated rings. The van der Waals surface area contributed by atoms with Crippen molar-refractivity contribution in [2.24, 2.45) is 5.73 Å². The molecule has 0 aromatic rings. The summed E-state index contributed by atoms with van der Waals surface area (Å²) in [7, 11) is 0. The van der Waals surface area contributed by atoms with E-state index in [0.29, 0.717) is 6.42 Å². The van der Waals surface area contributed by atoms with Gasteiger partial charge in [-0.05, 0) is 20.8 Å². The van der Waals surface area contributed by atoms with E-state index in [2.05, 4.69) is 5.32 Å². The number of amides is 1. The molecule has 92 valence electrons. The first kappa shape index (κ1) is 12.8. The number of rotatable bonds is 2. The fourth-order valence-corrected chi connectivity index (χ4v) is 1.37. The fourth-order valence-electron chi connectivity index (χ4n) is 1.37. The minimum Gasteiger partial charge on any atom is -0.459 e. The van der Waals surface area contributed by atoms with E-state index >= 15 is 0 Å². The molecule has 1 aliphatic rings. The van der Waals surface area contributed by atoms with Crippen molar-refractivity contribution in [2.75, 3.05) is 6.54 Å². The minimum absolute atomic E-state index is 0.262. The van der Waals surface area contributed by atoms with E-state index in [4.69, 9.17) is 15.2 Å². The third-order valence-electron chi connectivity index (χ3n) is 2.02. The van der Waals surface area contributed by atoms with E-state index in [9.17, 15) is 9.59 Å². The molecule has 6 heteroatoms. The summed E-state index contributed by atoms with van der Waals surface area (Å²) in [5.74, 6) is -0.457. The van der Waals surface area contributed by atoms with Crippen LogP contribution < -0.4 is 11.1 Å². The molecule has 0 spiro atoms. The highest BCUT2D eigenvalue weighted by atomic mass is 16.6. The Kier molecular flexibility index (Phi) is 3.74. The lowest BCUT2D eigenvalue weighted by Gasteiger charge is -2.20. The molecule has 0 aromatic carbocycles. The third kappa shape index (κ3) is 3.69. The van der Waals surface area contributed by atoms with Crippen LogP contribution in [-0.2, 0) is 14.3 Å². The van der Waals surface area contributed by atoms with Gasteiger partial charge in [0.15, 0.2) is 0 Å². The van der Waals surface area contributed by atoms with Crippen LogP contribution in [0.25, 0.3) is 0 Å². The maximum Gasteiger partial charge on any atom is 0.408 e. The first-order valence-electron chi connectivity index (χ1n) is 5.22. The van der Waals surface area contributed by atoms with Crippen molar-refractivity contribution < 1.29 is 19.1 Å². The highest BCUT2D eigenvalue weighted by Crippen LogP contribution is 2.15. The molecule has 6 nitrogen and oxygen atoms in total. The Morgan fingerprint density at radius 3 is 2.69 bits per heavy atom. The number of nitrogens with two attached hydrogens (primary N) is 1. The predicted octanol–water partition coefficient (Wildman–Crippen LogP) is 0.154. The number of esters is 1. The van der Waals surface area contributed by atoms with Gasteiger partial charge in [0, 0.05) is 13.0 Å². The number of carbonyl (C=O) groups excluding carboxylic acids is 2. The van der Waals surface area contributed by atoms with Gasteiger partial charge in [0.05, 0.1) is 0 Å². The first-order chi connectivity index (χ1) is 7.31. The van der Waals surface area contributed by atoms with E-state index in [-0.39, 0.29) is 12.6 Å². The quantitative estimate of drug-likeness (QED) is 0.659. The SMILES string of the molecule is CC(C)(C)OC(=O)N[C@H]1C[C@H](CN)OC1=O. The molecule has 1 amide bonds. The molecule has 1 saturated heterocycles. The lowest BCUT2D eigenvalue weighted by Crippen LogP contribution is -2.41. The Morgan fingerprint density at radius 2 is 2.25 bits per heavy atom. The monoisotopic (exact) mass is 230 g/mol. The van der Waals surface area contributed by atoms with Gasteiger partial charge in [0.1, 0.15) is 17.7 Å². The van der Waals surface area contributed by atoms with Crippen LogP contribution in [0.1, 0.15) is 27.2 Å². The van der Waals surface area contributed by atoms with E-state index in [0.717, 1.165) is 0 Å². The van der Waals surface area contributed by atoms with Crippen molar-refractivity contribution in [2.45, 2.75) is 44.9 Å². The Balaban J connectivity index is 2.43. The van der Waals surface area contributed by atoms with Crippen molar-refractivity contribution in [1.82, 2.24) is 5.32 Å². The molecule has 0 radical (unpaired) electrons. The first-order valence-corrected chi connectivity index (χ1v) is 5.22. The lowest BCUT2D eigenvalue weighted by molar-refractivity contribution is -0.142. The van der Waals surface area contributed by atoms with Gasteiger partial charge in [-0.15, -0.1) is 0 Å². The Bertz CT molecular complexity index is 285. The van der Waals surface area contributed by atoms with E-state index in [1.807, 2.05) is 0 Å². The Labute approximate surface area is 94.5 Å². The number of alkyl carbamates (subject to hydrolysis) is 1. The molecular weight excluding hydrogens is 212 g/mol. The fraction of sp³-hybridized carbons (Fsp3) is 0.800. The average molecular weight is 230 g/mol. The third-order valence-corrected chi connectivity index (χ3v) is 2.02. The molecule has 1 heterocycles. The zero-order valence-corrected chi connectivity index (χ0v) is 9.78. The summed E-state index contributed by atoms with van der Waals surface area (Å²) >= 11 is 0.